The van der Waals surface area contributed by atoms with Gasteiger partial charge in [0.2, 0.25) is 6.79 Å². The Kier molecular flexibility index (Phi) is 6.08. The number of anilines is 2. The molecule has 2 aromatic rings. The van der Waals surface area contributed by atoms with Crippen molar-refractivity contribution in [1.82, 2.24) is 0 Å². The first-order valence-electron chi connectivity index (χ1n) is 9.65. The molecule has 0 saturated carbocycles. The molecule has 1 unspecified atom stereocenters. The van der Waals surface area contributed by atoms with E-state index in [-0.39, 0.29) is 25.2 Å². The molecule has 0 aliphatic carbocycles. The van der Waals surface area contributed by atoms with Gasteiger partial charge in [0.15, 0.2) is 24.1 Å². The van der Waals surface area contributed by atoms with E-state index < -0.39 is 6.04 Å². The number of quaternary nitrogens is 1. The lowest BCUT2D eigenvalue weighted by Crippen LogP contribution is -3.14. The molecule has 2 atom stereocenters. The molecule has 7 heteroatoms. The fourth-order valence-corrected chi connectivity index (χ4v) is 3.42. The highest BCUT2D eigenvalue weighted by Crippen LogP contribution is 2.34. The molecule has 0 spiro atoms. The second-order valence-corrected chi connectivity index (χ2v) is 7.62. The molecule has 1 aliphatic rings. The predicted octanol–water partition coefficient (Wildman–Crippen LogP) is 1.82. The fraction of sp³-hybridized carbons (Fsp3) is 0.364. The second-order valence-electron chi connectivity index (χ2n) is 7.62. The molecule has 2 aromatic carbocycles. The van der Waals surface area contributed by atoms with E-state index in [9.17, 15) is 9.59 Å². The van der Waals surface area contributed by atoms with Gasteiger partial charge < -0.3 is 25.0 Å². The second kappa shape index (κ2) is 8.53. The van der Waals surface area contributed by atoms with Crippen molar-refractivity contribution in [2.75, 3.05) is 31.0 Å². The minimum absolute atomic E-state index is 0.125. The van der Waals surface area contributed by atoms with Crippen molar-refractivity contribution in [1.29, 1.82) is 0 Å². The Hall–Kier alpha value is -3.06. The molecule has 1 aliphatic heterocycles. The van der Waals surface area contributed by atoms with Crippen molar-refractivity contribution >= 4 is 23.2 Å². The lowest BCUT2D eigenvalue weighted by Gasteiger charge is -2.21. The number of carbonyl (C=O) groups is 2. The van der Waals surface area contributed by atoms with Crippen LogP contribution in [0.2, 0.25) is 0 Å². The quantitative estimate of drug-likeness (QED) is 0.693. The maximum Gasteiger partial charge on any atom is 0.282 e. The van der Waals surface area contributed by atoms with Crippen LogP contribution >= 0.6 is 0 Å². The average molecular weight is 398 g/mol. The Morgan fingerprint density at radius 1 is 1.03 bits per heavy atom. The van der Waals surface area contributed by atoms with Gasteiger partial charge in [0, 0.05) is 17.4 Å². The Morgan fingerprint density at radius 3 is 2.38 bits per heavy atom. The van der Waals surface area contributed by atoms with Crippen LogP contribution in [-0.4, -0.2) is 38.2 Å². The Labute approximate surface area is 171 Å². The number of rotatable bonds is 6. The van der Waals surface area contributed by atoms with Crippen LogP contribution in [-0.2, 0) is 9.59 Å². The first-order valence-corrected chi connectivity index (χ1v) is 9.65. The minimum Gasteiger partial charge on any atom is -0.454 e. The molecule has 2 amide bonds. The van der Waals surface area contributed by atoms with Crippen molar-refractivity contribution in [2.24, 2.45) is 0 Å². The number of hydrogen-bond donors (Lipinski definition) is 3. The van der Waals surface area contributed by atoms with Crippen molar-refractivity contribution in [3.05, 3.63) is 47.0 Å². The van der Waals surface area contributed by atoms with Gasteiger partial charge in [-0.05, 0) is 51.0 Å². The summed E-state index contributed by atoms with van der Waals surface area (Å²) in [4.78, 5) is 25.9. The summed E-state index contributed by atoms with van der Waals surface area (Å²) in [5, 5.41) is 5.86. The maximum absolute atomic E-state index is 12.6. The zero-order valence-corrected chi connectivity index (χ0v) is 17.5. The van der Waals surface area contributed by atoms with Gasteiger partial charge in [0.05, 0.1) is 7.05 Å². The van der Waals surface area contributed by atoms with E-state index in [4.69, 9.17) is 9.47 Å². The lowest BCUT2D eigenvalue weighted by atomic mass is 10.1. The van der Waals surface area contributed by atoms with E-state index in [1.54, 1.807) is 25.1 Å². The summed E-state index contributed by atoms with van der Waals surface area (Å²) in [6.07, 6.45) is 0. The summed E-state index contributed by atoms with van der Waals surface area (Å²) < 4.78 is 10.6. The third-order valence-corrected chi connectivity index (χ3v) is 5.15. The van der Waals surface area contributed by atoms with Crippen LogP contribution in [0, 0.1) is 20.8 Å². The number of hydrogen-bond acceptors (Lipinski definition) is 4. The SMILES string of the molecule is Cc1cc(C)c(NC(=O)C[NH+](C)[C@H](C)C(=O)Nc2ccc3c(c2)OCO3)c(C)c1. The normalized spacial score (nSPS) is 14.2. The first-order chi connectivity index (χ1) is 13.7. The number of ether oxygens (including phenoxy) is 2. The van der Waals surface area contributed by atoms with E-state index in [0.29, 0.717) is 17.2 Å². The third-order valence-electron chi connectivity index (χ3n) is 5.15. The van der Waals surface area contributed by atoms with E-state index in [1.165, 1.54) is 0 Å². The van der Waals surface area contributed by atoms with Crippen molar-refractivity contribution in [3.8, 4) is 11.5 Å². The number of fused-ring (bicyclic) bond motifs is 1. The number of benzene rings is 2. The van der Waals surface area contributed by atoms with Crippen LogP contribution in [0.1, 0.15) is 23.6 Å². The Morgan fingerprint density at radius 2 is 1.69 bits per heavy atom. The third kappa shape index (κ3) is 4.86. The van der Waals surface area contributed by atoms with Crippen LogP contribution in [0.3, 0.4) is 0 Å². The summed E-state index contributed by atoms with van der Waals surface area (Å²) in [6, 6.07) is 8.94. The smallest absolute Gasteiger partial charge is 0.282 e. The highest BCUT2D eigenvalue weighted by molar-refractivity contribution is 5.95. The Bertz CT molecular complexity index is 919. The predicted molar refractivity (Wildman–Crippen MR) is 112 cm³/mol. The molecule has 3 N–H and O–H groups in total. The van der Waals surface area contributed by atoms with Gasteiger partial charge in [-0.1, -0.05) is 17.7 Å². The van der Waals surface area contributed by atoms with E-state index in [0.717, 1.165) is 27.3 Å². The van der Waals surface area contributed by atoms with Crippen molar-refractivity contribution < 1.29 is 24.0 Å². The minimum atomic E-state index is -0.411. The summed E-state index contributed by atoms with van der Waals surface area (Å²) in [7, 11) is 1.83. The molecule has 0 radical (unpaired) electrons. The van der Waals surface area contributed by atoms with E-state index >= 15 is 0 Å². The number of aryl methyl sites for hydroxylation is 3. The fourth-order valence-electron chi connectivity index (χ4n) is 3.42. The monoisotopic (exact) mass is 398 g/mol. The summed E-state index contributed by atoms with van der Waals surface area (Å²) in [5.74, 6) is 0.980. The highest BCUT2D eigenvalue weighted by Gasteiger charge is 2.25. The van der Waals surface area contributed by atoms with Gasteiger partial charge in [-0.15, -0.1) is 0 Å². The molecule has 154 valence electrons. The maximum atomic E-state index is 12.6. The van der Waals surface area contributed by atoms with Crippen molar-refractivity contribution in [2.45, 2.75) is 33.7 Å². The zero-order valence-electron chi connectivity index (χ0n) is 17.5. The molecule has 0 bridgehead atoms. The number of carbonyl (C=O) groups excluding carboxylic acids is 2. The number of nitrogens with one attached hydrogen (secondary N) is 3. The molecule has 7 nitrogen and oxygen atoms in total. The van der Waals surface area contributed by atoms with Crippen LogP contribution in [0.15, 0.2) is 30.3 Å². The zero-order chi connectivity index (χ0) is 21.1. The van der Waals surface area contributed by atoms with Gasteiger partial charge in [0.1, 0.15) is 0 Å². The average Bonchev–Trinajstić information content (AvgIpc) is 3.11. The Balaban J connectivity index is 1.57. The standard InChI is InChI=1S/C22H27N3O4/c1-13-8-14(2)21(15(3)9-13)24-20(26)11-25(5)16(4)22(27)23-17-6-7-18-19(10-17)29-12-28-18/h6-10,16H,11-12H2,1-5H3,(H,23,27)(H,24,26)/p+1/t16-/m1/s1. The topological polar surface area (TPSA) is 81.1 Å². The highest BCUT2D eigenvalue weighted by atomic mass is 16.7. The van der Waals surface area contributed by atoms with Gasteiger partial charge in [-0.25, -0.2) is 0 Å². The molecular formula is C22H28N3O4+. The summed E-state index contributed by atoms with van der Waals surface area (Å²) >= 11 is 0. The number of amides is 2. The lowest BCUT2D eigenvalue weighted by molar-refractivity contribution is -0.885. The largest absolute Gasteiger partial charge is 0.454 e. The van der Waals surface area contributed by atoms with Crippen LogP contribution in [0.5, 0.6) is 11.5 Å². The van der Waals surface area contributed by atoms with Crippen LogP contribution in [0.25, 0.3) is 0 Å². The van der Waals surface area contributed by atoms with Gasteiger partial charge in [0.25, 0.3) is 11.8 Å². The molecule has 0 saturated heterocycles. The van der Waals surface area contributed by atoms with E-state index in [1.807, 2.05) is 40.0 Å². The van der Waals surface area contributed by atoms with Gasteiger partial charge in [-0.3, -0.25) is 9.59 Å². The first kappa shape index (κ1) is 20.7. The molecular weight excluding hydrogens is 370 g/mol. The number of likely N-dealkylation sites (N-methyl/N-ethyl adjacent to an activating group) is 1. The van der Waals surface area contributed by atoms with Crippen LogP contribution in [0.4, 0.5) is 11.4 Å². The molecule has 1 heterocycles. The molecule has 0 aromatic heterocycles. The molecule has 3 rings (SSSR count). The molecule has 0 fully saturated rings. The van der Waals surface area contributed by atoms with E-state index in [2.05, 4.69) is 10.6 Å². The molecule has 29 heavy (non-hydrogen) atoms. The van der Waals surface area contributed by atoms with Crippen LogP contribution < -0.4 is 25.0 Å². The van der Waals surface area contributed by atoms with Gasteiger partial charge in [-0.2, -0.15) is 0 Å². The van der Waals surface area contributed by atoms with Crippen molar-refractivity contribution in [3.63, 3.8) is 0 Å². The van der Waals surface area contributed by atoms with Gasteiger partial charge >= 0.3 is 0 Å². The summed E-state index contributed by atoms with van der Waals surface area (Å²) in [6.45, 7) is 8.16. The summed E-state index contributed by atoms with van der Waals surface area (Å²) in [5.41, 5.74) is 4.69.